The number of carboxylic acid groups (broad SMARTS) is 2. The fourth-order valence-electron chi connectivity index (χ4n) is 1.10. The van der Waals surface area contributed by atoms with E-state index in [0.29, 0.717) is 0 Å². The second-order valence-electron chi connectivity index (χ2n) is 2.75. The van der Waals surface area contributed by atoms with Crippen LogP contribution < -0.4 is 0 Å². The molecule has 0 spiro atoms. The molecule has 18 heavy (non-hydrogen) atoms. The summed E-state index contributed by atoms with van der Waals surface area (Å²) in [5.41, 5.74) is -0.432. The average Bonchev–Trinajstić information content (AvgIpc) is 2.14. The summed E-state index contributed by atoms with van der Waals surface area (Å²) in [6.07, 6.45) is 0. The minimum absolute atomic E-state index is 0. The number of hydrogen-bond acceptors (Lipinski definition) is 6. The summed E-state index contributed by atoms with van der Waals surface area (Å²) in [6.45, 7) is 0. The Hall–Kier alpha value is 2.83. The topological polar surface area (TPSA) is 74.6 Å². The summed E-state index contributed by atoms with van der Waals surface area (Å²) in [6, 6.07) is 0. The average molecular weight is 375 g/mol. The first-order chi connectivity index (χ1) is 7.29. The normalized spacial score (nSPS) is 9.11. The molecule has 2 N–H and O–H groups in total. The van der Waals surface area contributed by atoms with Crippen LogP contribution >= 0.6 is 50.5 Å². The Morgan fingerprint density at radius 1 is 0.667 bits per heavy atom. The van der Waals surface area contributed by atoms with Crippen LogP contribution in [-0.2, 0) is 0 Å². The molecule has 1 rings (SSSR count). The van der Waals surface area contributed by atoms with E-state index in [9.17, 15) is 9.59 Å². The van der Waals surface area contributed by atoms with Crippen molar-refractivity contribution in [3.8, 4) is 0 Å². The second-order valence-corrected chi connectivity index (χ2v) is 4.54. The number of rotatable bonds is 2. The molecule has 0 saturated heterocycles. The Morgan fingerprint density at radius 2 is 0.833 bits per heavy atom. The predicted octanol–water partition coefficient (Wildman–Crippen LogP) is 0.941. The maximum atomic E-state index is 10.9. The van der Waals surface area contributed by atoms with E-state index in [1.54, 1.807) is 0 Å². The Labute approximate surface area is 211 Å². The standard InChI is InChI=1S/C8H6O4S4.2K.2H/c9-7(10)1-3(13)5(15)2(8(11)12)6(16)4(1)14;;;;/h13-16H,(H,9,10)(H,11,12);;;;. The Morgan fingerprint density at radius 3 is 0.944 bits per heavy atom. The summed E-state index contributed by atoms with van der Waals surface area (Å²) < 4.78 is 0. The summed E-state index contributed by atoms with van der Waals surface area (Å²) >= 11 is 15.7. The van der Waals surface area contributed by atoms with Gasteiger partial charge in [-0.3, -0.25) is 0 Å². The molecule has 0 aliphatic carbocycles. The molecule has 0 fully saturated rings. The molecule has 0 atom stereocenters. The molecule has 0 bridgehead atoms. The van der Waals surface area contributed by atoms with E-state index in [2.05, 4.69) is 50.5 Å². The first kappa shape index (κ1) is 23.1. The molecule has 0 aliphatic heterocycles. The van der Waals surface area contributed by atoms with E-state index < -0.39 is 11.9 Å². The summed E-state index contributed by atoms with van der Waals surface area (Å²) in [4.78, 5) is 21.6. The fraction of sp³-hybridized carbons (Fsp3) is 0. The van der Waals surface area contributed by atoms with Crippen LogP contribution in [0.2, 0.25) is 0 Å². The van der Waals surface area contributed by atoms with Gasteiger partial charge in [-0.05, 0) is 0 Å². The molecule has 1 aromatic carbocycles. The van der Waals surface area contributed by atoms with Gasteiger partial charge in [0.1, 0.15) is 0 Å². The van der Waals surface area contributed by atoms with E-state index in [1.165, 1.54) is 0 Å². The van der Waals surface area contributed by atoms with Crippen LogP contribution in [0.5, 0.6) is 0 Å². The number of thiol groups is 4. The zero-order valence-corrected chi connectivity index (χ0v) is 11.1. The van der Waals surface area contributed by atoms with Crippen LogP contribution in [0.1, 0.15) is 20.7 Å². The van der Waals surface area contributed by atoms with Gasteiger partial charge in [-0.15, -0.1) is 50.5 Å². The minimum atomic E-state index is -1.27. The van der Waals surface area contributed by atoms with Gasteiger partial charge in [-0.25, -0.2) is 9.59 Å². The monoisotopic (exact) mass is 374 g/mol. The molecule has 4 nitrogen and oxygen atoms in total. The first-order valence-corrected chi connectivity index (χ1v) is 5.54. The molecule has 0 unspecified atom stereocenters. The summed E-state index contributed by atoms with van der Waals surface area (Å²) in [5, 5.41) is 17.8. The van der Waals surface area contributed by atoms with Gasteiger partial charge in [0.25, 0.3) is 0 Å². The van der Waals surface area contributed by atoms with Gasteiger partial charge in [-0.1, -0.05) is 0 Å². The SMILES string of the molecule is O=C(O)c1c(S)c(S)c(C(=O)O)c(S)c1S.[KH].[KH]. The third kappa shape index (κ3) is 4.94. The van der Waals surface area contributed by atoms with Gasteiger partial charge in [0.15, 0.2) is 0 Å². The number of benzene rings is 1. The van der Waals surface area contributed by atoms with Crippen LogP contribution in [0.4, 0.5) is 0 Å². The van der Waals surface area contributed by atoms with Crippen LogP contribution in [0, 0.1) is 0 Å². The van der Waals surface area contributed by atoms with Crippen LogP contribution in [0.3, 0.4) is 0 Å². The van der Waals surface area contributed by atoms with E-state index in [4.69, 9.17) is 10.2 Å². The van der Waals surface area contributed by atoms with Crippen molar-refractivity contribution >= 4 is 165 Å². The first-order valence-electron chi connectivity index (χ1n) is 3.75. The van der Waals surface area contributed by atoms with Crippen molar-refractivity contribution in [2.24, 2.45) is 0 Å². The Bertz CT molecular complexity index is 432. The van der Waals surface area contributed by atoms with Crippen molar-refractivity contribution in [3.63, 3.8) is 0 Å². The molecule has 90 valence electrons. The van der Waals surface area contributed by atoms with Gasteiger partial charge in [0.2, 0.25) is 0 Å². The zero-order valence-electron chi connectivity index (χ0n) is 7.50. The molecular formula is C8H8K2O4S4. The molecule has 0 aromatic heterocycles. The molecule has 0 radical (unpaired) electrons. The van der Waals surface area contributed by atoms with Gasteiger partial charge in [0, 0.05) is 19.6 Å². The van der Waals surface area contributed by atoms with Crippen molar-refractivity contribution in [2.75, 3.05) is 0 Å². The Kier molecular flexibility index (Phi) is 12.5. The van der Waals surface area contributed by atoms with Crippen molar-refractivity contribution in [3.05, 3.63) is 11.1 Å². The van der Waals surface area contributed by atoms with Crippen LogP contribution in [0.25, 0.3) is 0 Å². The zero-order chi connectivity index (χ0) is 12.6. The molecule has 10 heteroatoms. The van der Waals surface area contributed by atoms with Crippen molar-refractivity contribution < 1.29 is 19.8 Å². The summed E-state index contributed by atoms with van der Waals surface area (Å²) in [7, 11) is 0. The number of carboxylic acids is 2. The van der Waals surface area contributed by atoms with E-state index in [-0.39, 0.29) is 133 Å². The van der Waals surface area contributed by atoms with Gasteiger partial charge in [0.05, 0.1) is 11.1 Å². The van der Waals surface area contributed by atoms with Gasteiger partial charge < -0.3 is 10.2 Å². The van der Waals surface area contributed by atoms with Gasteiger partial charge in [-0.2, -0.15) is 0 Å². The van der Waals surface area contributed by atoms with E-state index >= 15 is 0 Å². The molecular weight excluding hydrogens is 367 g/mol. The van der Waals surface area contributed by atoms with Crippen molar-refractivity contribution in [1.29, 1.82) is 0 Å². The predicted molar refractivity (Wildman–Crippen MR) is 83.7 cm³/mol. The second kappa shape index (κ2) is 9.77. The van der Waals surface area contributed by atoms with Crippen molar-refractivity contribution in [1.82, 2.24) is 0 Å². The van der Waals surface area contributed by atoms with E-state index in [0.717, 1.165) is 0 Å². The van der Waals surface area contributed by atoms with Crippen LogP contribution in [0.15, 0.2) is 19.6 Å². The number of hydrogen-bond donors (Lipinski definition) is 6. The van der Waals surface area contributed by atoms with Gasteiger partial charge >= 0.3 is 115 Å². The quantitative estimate of drug-likeness (QED) is 0.344. The molecule has 1 aromatic rings. The molecule has 0 saturated carbocycles. The van der Waals surface area contributed by atoms with Crippen molar-refractivity contribution in [2.45, 2.75) is 19.6 Å². The maximum absolute atomic E-state index is 10.9. The molecule has 0 amide bonds. The summed E-state index contributed by atoms with van der Waals surface area (Å²) in [5.74, 6) is -2.53. The fourth-order valence-corrected chi connectivity index (χ4v) is 2.56. The molecule has 0 aliphatic rings. The van der Waals surface area contributed by atoms with Crippen LogP contribution in [-0.4, -0.2) is 125 Å². The Balaban J connectivity index is 0. The van der Waals surface area contributed by atoms with E-state index in [1.807, 2.05) is 0 Å². The third-order valence-corrected chi connectivity index (χ3v) is 3.97. The number of carbonyl (C=O) groups is 2. The molecule has 0 heterocycles. The number of aromatic carboxylic acids is 2. The third-order valence-electron chi connectivity index (χ3n) is 1.82.